The van der Waals surface area contributed by atoms with Crippen molar-refractivity contribution in [2.45, 2.75) is 71.4 Å². The number of likely N-dealkylation sites (tertiary alicyclic amines) is 1. The minimum Gasteiger partial charge on any atom is -0.301 e. The molecule has 0 unspecified atom stereocenters. The Labute approximate surface area is 141 Å². The molecule has 1 aliphatic rings. The van der Waals surface area contributed by atoms with Crippen molar-refractivity contribution < 1.29 is 8.42 Å². The number of piperidine rings is 1. The maximum atomic E-state index is 12.9. The van der Waals surface area contributed by atoms with Crippen molar-refractivity contribution >= 4 is 10.0 Å². The first-order chi connectivity index (χ1) is 10.6. The van der Waals surface area contributed by atoms with Crippen molar-refractivity contribution in [3.63, 3.8) is 0 Å². The molecule has 1 heterocycles. The number of nitrogens with one attached hydrogen (secondary N) is 1. The predicted octanol–water partition coefficient (Wildman–Crippen LogP) is 3.07. The average Bonchev–Trinajstić information content (AvgIpc) is 2.45. The van der Waals surface area contributed by atoms with Gasteiger partial charge in [-0.2, -0.15) is 0 Å². The summed E-state index contributed by atoms with van der Waals surface area (Å²) in [6.07, 6.45) is 1.75. The predicted molar refractivity (Wildman–Crippen MR) is 95.4 cm³/mol. The molecule has 0 spiro atoms. The van der Waals surface area contributed by atoms with Gasteiger partial charge in [0.25, 0.3) is 0 Å². The summed E-state index contributed by atoms with van der Waals surface area (Å²) in [5, 5.41) is 0. The van der Waals surface area contributed by atoms with E-state index in [1.54, 1.807) is 0 Å². The third kappa shape index (κ3) is 3.95. The molecule has 1 N–H and O–H groups in total. The fourth-order valence-electron chi connectivity index (χ4n) is 3.40. The molecule has 0 aromatic heterocycles. The Morgan fingerprint density at radius 2 is 1.52 bits per heavy atom. The molecule has 0 bridgehead atoms. The van der Waals surface area contributed by atoms with E-state index in [1.165, 1.54) is 0 Å². The van der Waals surface area contributed by atoms with Crippen LogP contribution in [0.3, 0.4) is 0 Å². The Morgan fingerprint density at radius 1 is 1.04 bits per heavy atom. The maximum absolute atomic E-state index is 12.9. The van der Waals surface area contributed by atoms with E-state index in [0.717, 1.165) is 48.2 Å². The lowest BCUT2D eigenvalue weighted by molar-refractivity contribution is 0.168. The minimum atomic E-state index is -3.47. The number of aryl methyl sites for hydroxylation is 2. The molecule has 0 aliphatic carbocycles. The molecule has 0 atom stereocenters. The Hall–Kier alpha value is -0.910. The zero-order valence-electron chi connectivity index (χ0n) is 15.2. The van der Waals surface area contributed by atoms with Crippen LogP contribution in [-0.2, 0) is 10.0 Å². The molecule has 0 saturated carbocycles. The number of hydrogen-bond donors (Lipinski definition) is 1. The lowest BCUT2D eigenvalue weighted by atomic mass is 10.0. The fraction of sp³-hybridized carbons (Fsp3) is 0.667. The normalized spacial score (nSPS) is 17.9. The van der Waals surface area contributed by atoms with Crippen LogP contribution in [0.1, 0.15) is 48.9 Å². The van der Waals surface area contributed by atoms with Crippen molar-refractivity contribution in [3.8, 4) is 0 Å². The molecule has 1 aliphatic heterocycles. The second kappa shape index (κ2) is 6.91. The van der Waals surface area contributed by atoms with Crippen LogP contribution in [0.2, 0.25) is 0 Å². The van der Waals surface area contributed by atoms with Crippen LogP contribution in [0.5, 0.6) is 0 Å². The molecule has 2 rings (SSSR count). The minimum absolute atomic E-state index is 0.0367. The van der Waals surface area contributed by atoms with Crippen LogP contribution in [0.4, 0.5) is 0 Å². The highest BCUT2D eigenvalue weighted by atomic mass is 32.2. The third-order valence-corrected chi connectivity index (χ3v) is 6.94. The van der Waals surface area contributed by atoms with Crippen molar-refractivity contribution in [1.29, 1.82) is 0 Å². The molecule has 0 radical (unpaired) electrons. The Balaban J connectivity index is 2.21. The van der Waals surface area contributed by atoms with Gasteiger partial charge in [-0.3, -0.25) is 0 Å². The molecule has 4 nitrogen and oxygen atoms in total. The van der Waals surface area contributed by atoms with Crippen LogP contribution in [-0.4, -0.2) is 38.5 Å². The first-order valence-corrected chi connectivity index (χ1v) is 9.95. The van der Waals surface area contributed by atoms with E-state index in [0.29, 0.717) is 10.9 Å². The van der Waals surface area contributed by atoms with Crippen LogP contribution in [0, 0.1) is 27.7 Å². The van der Waals surface area contributed by atoms with E-state index in [2.05, 4.69) is 29.5 Å². The van der Waals surface area contributed by atoms with Crippen molar-refractivity contribution in [2.24, 2.45) is 0 Å². The van der Waals surface area contributed by atoms with E-state index < -0.39 is 10.0 Å². The molecule has 0 amide bonds. The summed E-state index contributed by atoms with van der Waals surface area (Å²) in [4.78, 5) is 2.87. The van der Waals surface area contributed by atoms with Crippen molar-refractivity contribution in [1.82, 2.24) is 9.62 Å². The highest BCUT2D eigenvalue weighted by molar-refractivity contribution is 7.89. The molecule has 1 aromatic carbocycles. The maximum Gasteiger partial charge on any atom is 0.241 e. The van der Waals surface area contributed by atoms with Gasteiger partial charge in [0.1, 0.15) is 0 Å². The van der Waals surface area contributed by atoms with Gasteiger partial charge in [-0.1, -0.05) is 6.07 Å². The molecule has 23 heavy (non-hydrogen) atoms. The first kappa shape index (κ1) is 18.4. The van der Waals surface area contributed by atoms with Crippen molar-refractivity contribution in [2.75, 3.05) is 13.1 Å². The van der Waals surface area contributed by atoms with Crippen LogP contribution < -0.4 is 4.72 Å². The van der Waals surface area contributed by atoms with E-state index in [4.69, 9.17) is 0 Å². The fourth-order valence-corrected chi connectivity index (χ4v) is 5.32. The summed E-state index contributed by atoms with van der Waals surface area (Å²) < 4.78 is 28.8. The standard InChI is InChI=1S/C18H30N2O2S/c1-12(2)20-9-7-17(8-10-20)19-23(21,22)18-15(5)13(3)11-14(4)16(18)6/h11-12,17,19H,7-10H2,1-6H3. The Morgan fingerprint density at radius 3 is 1.96 bits per heavy atom. The summed E-state index contributed by atoms with van der Waals surface area (Å²) in [6, 6.07) is 2.62. The second-order valence-electron chi connectivity index (χ2n) is 7.11. The number of sulfonamides is 1. The van der Waals surface area contributed by atoms with E-state index in [1.807, 2.05) is 27.7 Å². The zero-order valence-corrected chi connectivity index (χ0v) is 16.0. The largest absolute Gasteiger partial charge is 0.301 e. The van der Waals surface area contributed by atoms with Crippen molar-refractivity contribution in [3.05, 3.63) is 28.3 Å². The van der Waals surface area contributed by atoms with Crippen LogP contribution in [0.25, 0.3) is 0 Å². The van der Waals surface area contributed by atoms with Gasteiger partial charge in [0, 0.05) is 12.1 Å². The number of benzene rings is 1. The third-order valence-electron chi connectivity index (χ3n) is 5.15. The van der Waals surface area contributed by atoms with Gasteiger partial charge in [-0.25, -0.2) is 13.1 Å². The molecular weight excluding hydrogens is 308 g/mol. The molecule has 1 aromatic rings. The number of hydrogen-bond acceptors (Lipinski definition) is 3. The average molecular weight is 339 g/mol. The van der Waals surface area contributed by atoms with Gasteiger partial charge in [-0.05, 0) is 89.7 Å². The number of nitrogens with zero attached hydrogens (tertiary/aromatic N) is 1. The monoisotopic (exact) mass is 338 g/mol. The van der Waals surface area contributed by atoms with Gasteiger partial charge >= 0.3 is 0 Å². The first-order valence-electron chi connectivity index (χ1n) is 8.47. The van der Waals surface area contributed by atoms with E-state index >= 15 is 0 Å². The summed E-state index contributed by atoms with van der Waals surface area (Å²) in [7, 11) is -3.47. The number of rotatable bonds is 4. The second-order valence-corrected chi connectivity index (χ2v) is 8.77. The van der Waals surface area contributed by atoms with E-state index in [-0.39, 0.29) is 6.04 Å². The molecular formula is C18H30N2O2S. The lowest BCUT2D eigenvalue weighted by Crippen LogP contribution is -2.46. The lowest BCUT2D eigenvalue weighted by Gasteiger charge is -2.34. The topological polar surface area (TPSA) is 49.4 Å². The highest BCUT2D eigenvalue weighted by Gasteiger charge is 2.28. The molecule has 130 valence electrons. The summed E-state index contributed by atoms with van der Waals surface area (Å²) in [5.74, 6) is 0. The van der Waals surface area contributed by atoms with Gasteiger partial charge in [0.2, 0.25) is 10.0 Å². The summed E-state index contributed by atoms with van der Waals surface area (Å²) >= 11 is 0. The summed E-state index contributed by atoms with van der Waals surface area (Å²) in [6.45, 7) is 14.0. The Bertz CT molecular complexity index is 647. The van der Waals surface area contributed by atoms with Crippen LogP contribution >= 0.6 is 0 Å². The van der Waals surface area contributed by atoms with Gasteiger partial charge in [0.15, 0.2) is 0 Å². The molecule has 5 heteroatoms. The van der Waals surface area contributed by atoms with Crippen LogP contribution in [0.15, 0.2) is 11.0 Å². The van der Waals surface area contributed by atoms with E-state index in [9.17, 15) is 8.42 Å². The highest BCUT2D eigenvalue weighted by Crippen LogP contribution is 2.27. The Kier molecular flexibility index (Phi) is 5.54. The molecule has 1 saturated heterocycles. The zero-order chi connectivity index (χ0) is 17.4. The SMILES string of the molecule is Cc1cc(C)c(C)c(S(=O)(=O)NC2CCN(C(C)C)CC2)c1C. The van der Waals surface area contributed by atoms with Gasteiger partial charge in [-0.15, -0.1) is 0 Å². The quantitative estimate of drug-likeness (QED) is 0.918. The smallest absolute Gasteiger partial charge is 0.241 e. The van der Waals surface area contributed by atoms with Gasteiger partial charge in [0.05, 0.1) is 4.90 Å². The van der Waals surface area contributed by atoms with Gasteiger partial charge < -0.3 is 4.90 Å². The molecule has 1 fully saturated rings. The summed E-state index contributed by atoms with van der Waals surface area (Å²) in [5.41, 5.74) is 3.78.